The molecule has 0 unspecified atom stereocenters. The zero-order valence-corrected chi connectivity index (χ0v) is 20.4. The minimum atomic E-state index is 0.319. The van der Waals surface area contributed by atoms with Crippen molar-refractivity contribution in [3.05, 3.63) is 60.6 Å². The van der Waals surface area contributed by atoms with Gasteiger partial charge < -0.3 is 10.6 Å². The lowest BCUT2D eigenvalue weighted by Crippen LogP contribution is -2.06. The summed E-state index contributed by atoms with van der Waals surface area (Å²) >= 11 is 10.6. The Hall–Kier alpha value is -2.53. The summed E-state index contributed by atoms with van der Waals surface area (Å²) in [5.41, 5.74) is 3.73. The molecule has 30 heavy (non-hydrogen) atoms. The van der Waals surface area contributed by atoms with Crippen LogP contribution in [0.1, 0.15) is 23.2 Å². The van der Waals surface area contributed by atoms with E-state index in [-0.39, 0.29) is 0 Å². The molecule has 3 rings (SSSR count). The highest BCUT2D eigenvalue weighted by molar-refractivity contribution is 9.11. The van der Waals surface area contributed by atoms with Gasteiger partial charge in [0, 0.05) is 19.8 Å². The standard InChI is InChI=1S/C20H14Br3N7/c1-11-19(26-17-5-4-13(10-25)9-14(17)21)28-20(30-29-11)27-18-15(22)7-12(3-2-6-24)8-16(18)23/h4-5,7-9H,2-3H2,1H3,(H2,26,27,28,30). The fraction of sp³-hybridized carbons (Fsp3) is 0.150. The predicted octanol–water partition coefficient (Wildman–Crippen LogP) is 6.28. The first kappa shape index (κ1) is 22.2. The number of benzene rings is 2. The summed E-state index contributed by atoms with van der Waals surface area (Å²) in [7, 11) is 0. The number of aryl methyl sites for hydroxylation is 2. The second kappa shape index (κ2) is 9.98. The van der Waals surface area contributed by atoms with Gasteiger partial charge in [-0.1, -0.05) is 0 Å². The Bertz CT molecular complexity index is 1160. The van der Waals surface area contributed by atoms with E-state index in [0.29, 0.717) is 35.9 Å². The van der Waals surface area contributed by atoms with Gasteiger partial charge in [-0.3, -0.25) is 0 Å². The Morgan fingerprint density at radius 2 is 1.70 bits per heavy atom. The lowest BCUT2D eigenvalue weighted by molar-refractivity contribution is 0.939. The van der Waals surface area contributed by atoms with Crippen molar-refractivity contribution in [2.75, 3.05) is 10.6 Å². The highest BCUT2D eigenvalue weighted by Gasteiger charge is 2.13. The Morgan fingerprint density at radius 1 is 0.967 bits per heavy atom. The van der Waals surface area contributed by atoms with Crippen LogP contribution in [0.2, 0.25) is 0 Å². The van der Waals surface area contributed by atoms with Crippen molar-refractivity contribution in [1.82, 2.24) is 15.2 Å². The number of nitrogens with one attached hydrogen (secondary N) is 2. The molecule has 0 atom stereocenters. The van der Waals surface area contributed by atoms with Crippen molar-refractivity contribution in [3.8, 4) is 12.1 Å². The smallest absolute Gasteiger partial charge is 0.249 e. The van der Waals surface area contributed by atoms with E-state index in [1.165, 1.54) is 0 Å². The number of hydrogen-bond acceptors (Lipinski definition) is 7. The van der Waals surface area contributed by atoms with Crippen molar-refractivity contribution in [3.63, 3.8) is 0 Å². The van der Waals surface area contributed by atoms with Gasteiger partial charge in [0.1, 0.15) is 5.69 Å². The fourth-order valence-electron chi connectivity index (χ4n) is 2.57. The summed E-state index contributed by atoms with van der Waals surface area (Å²) in [5.74, 6) is 0.856. The van der Waals surface area contributed by atoms with E-state index in [4.69, 9.17) is 10.5 Å². The Labute approximate surface area is 198 Å². The van der Waals surface area contributed by atoms with Crippen molar-refractivity contribution in [2.24, 2.45) is 0 Å². The summed E-state index contributed by atoms with van der Waals surface area (Å²) in [4.78, 5) is 4.53. The van der Waals surface area contributed by atoms with E-state index in [0.717, 1.165) is 30.4 Å². The van der Waals surface area contributed by atoms with E-state index in [2.05, 4.69) is 85.7 Å². The predicted molar refractivity (Wildman–Crippen MR) is 126 cm³/mol. The Balaban J connectivity index is 1.86. The molecule has 0 aliphatic rings. The van der Waals surface area contributed by atoms with E-state index < -0.39 is 0 Å². The van der Waals surface area contributed by atoms with Crippen LogP contribution >= 0.6 is 47.8 Å². The molecule has 1 heterocycles. The second-order valence-electron chi connectivity index (χ2n) is 6.22. The summed E-state index contributed by atoms with van der Waals surface area (Å²) in [6, 6.07) is 13.4. The first-order valence-corrected chi connectivity index (χ1v) is 11.1. The molecule has 0 bridgehead atoms. The van der Waals surface area contributed by atoms with E-state index in [1.807, 2.05) is 12.1 Å². The molecule has 3 aromatic rings. The molecule has 0 amide bonds. The average molecular weight is 592 g/mol. The van der Waals surface area contributed by atoms with Gasteiger partial charge in [0.2, 0.25) is 5.95 Å². The third-order valence-electron chi connectivity index (χ3n) is 4.07. The number of anilines is 4. The Kier molecular flexibility index (Phi) is 7.38. The van der Waals surface area contributed by atoms with Crippen LogP contribution in [0.3, 0.4) is 0 Å². The van der Waals surface area contributed by atoms with Crippen LogP contribution in [0.15, 0.2) is 43.7 Å². The molecular formula is C20H14Br3N7. The molecule has 0 fully saturated rings. The molecule has 0 saturated carbocycles. The van der Waals surface area contributed by atoms with Gasteiger partial charge in [0.05, 0.1) is 29.1 Å². The lowest BCUT2D eigenvalue weighted by Gasteiger charge is -2.14. The first-order chi connectivity index (χ1) is 14.4. The molecule has 1 aromatic heterocycles. The monoisotopic (exact) mass is 589 g/mol. The number of halogens is 3. The third-order valence-corrected chi connectivity index (χ3v) is 5.98. The van der Waals surface area contributed by atoms with Gasteiger partial charge >= 0.3 is 0 Å². The quantitative estimate of drug-likeness (QED) is 0.347. The summed E-state index contributed by atoms with van der Waals surface area (Å²) in [5, 5.41) is 32.5. The van der Waals surface area contributed by atoms with Crippen molar-refractivity contribution in [1.29, 1.82) is 10.5 Å². The fourth-order valence-corrected chi connectivity index (χ4v) is 4.52. The number of rotatable bonds is 6. The zero-order valence-electron chi connectivity index (χ0n) is 15.7. The summed E-state index contributed by atoms with van der Waals surface area (Å²) < 4.78 is 2.38. The molecule has 0 spiro atoms. The molecule has 2 N–H and O–H groups in total. The van der Waals surface area contributed by atoms with Crippen LogP contribution in [0, 0.1) is 29.6 Å². The third kappa shape index (κ3) is 5.33. The van der Waals surface area contributed by atoms with Gasteiger partial charge in [0.15, 0.2) is 5.82 Å². The number of aromatic nitrogens is 3. The maximum Gasteiger partial charge on any atom is 0.249 e. The first-order valence-electron chi connectivity index (χ1n) is 8.71. The average Bonchev–Trinajstić information content (AvgIpc) is 2.72. The normalized spacial score (nSPS) is 10.2. The molecule has 7 nitrogen and oxygen atoms in total. The molecule has 2 aromatic carbocycles. The molecule has 10 heteroatoms. The van der Waals surface area contributed by atoms with Crippen molar-refractivity contribution < 1.29 is 0 Å². The molecule has 0 aliphatic carbocycles. The van der Waals surface area contributed by atoms with Crippen LogP contribution in [-0.2, 0) is 6.42 Å². The molecule has 0 saturated heterocycles. The molecular weight excluding hydrogens is 578 g/mol. The highest BCUT2D eigenvalue weighted by atomic mass is 79.9. The highest BCUT2D eigenvalue weighted by Crippen LogP contribution is 2.35. The number of hydrogen-bond donors (Lipinski definition) is 2. The minimum Gasteiger partial charge on any atom is -0.338 e. The Morgan fingerprint density at radius 3 is 2.33 bits per heavy atom. The number of nitriles is 2. The SMILES string of the molecule is Cc1nnc(Nc2c(Br)cc(CCC#N)cc2Br)nc1Nc1ccc(C#N)cc1Br. The maximum absolute atomic E-state index is 9.02. The van der Waals surface area contributed by atoms with E-state index in [9.17, 15) is 0 Å². The van der Waals surface area contributed by atoms with Gasteiger partial charge in [0.25, 0.3) is 0 Å². The summed E-state index contributed by atoms with van der Waals surface area (Å²) in [6.07, 6.45) is 1.13. The molecule has 0 radical (unpaired) electrons. The minimum absolute atomic E-state index is 0.319. The zero-order chi connectivity index (χ0) is 21.7. The van der Waals surface area contributed by atoms with Gasteiger partial charge in [-0.2, -0.15) is 15.5 Å². The van der Waals surface area contributed by atoms with Crippen LogP contribution in [-0.4, -0.2) is 15.2 Å². The van der Waals surface area contributed by atoms with Gasteiger partial charge in [-0.15, -0.1) is 10.2 Å². The van der Waals surface area contributed by atoms with Gasteiger partial charge in [-0.05, 0) is 97.0 Å². The molecule has 0 aliphatic heterocycles. The van der Waals surface area contributed by atoms with Crippen LogP contribution in [0.4, 0.5) is 23.1 Å². The van der Waals surface area contributed by atoms with Crippen molar-refractivity contribution >= 4 is 70.9 Å². The lowest BCUT2D eigenvalue weighted by atomic mass is 10.1. The second-order valence-corrected chi connectivity index (χ2v) is 8.78. The van der Waals surface area contributed by atoms with Gasteiger partial charge in [-0.25, -0.2) is 0 Å². The van der Waals surface area contributed by atoms with E-state index in [1.54, 1.807) is 25.1 Å². The topological polar surface area (TPSA) is 110 Å². The van der Waals surface area contributed by atoms with E-state index >= 15 is 0 Å². The van der Waals surface area contributed by atoms with Crippen molar-refractivity contribution in [2.45, 2.75) is 19.8 Å². The maximum atomic E-state index is 9.02. The van der Waals surface area contributed by atoms with Crippen LogP contribution in [0.5, 0.6) is 0 Å². The molecule has 150 valence electrons. The number of nitrogens with zero attached hydrogens (tertiary/aromatic N) is 5. The van der Waals surface area contributed by atoms with Crippen LogP contribution in [0.25, 0.3) is 0 Å². The largest absolute Gasteiger partial charge is 0.338 e. The summed E-state index contributed by atoms with van der Waals surface area (Å²) in [6.45, 7) is 1.81. The van der Waals surface area contributed by atoms with Crippen LogP contribution < -0.4 is 10.6 Å².